The lowest BCUT2D eigenvalue weighted by Crippen LogP contribution is -2.38. The monoisotopic (exact) mass is 366 g/mol. The Morgan fingerprint density at radius 2 is 1.85 bits per heavy atom. The van der Waals surface area contributed by atoms with Gasteiger partial charge in [0, 0.05) is 38.0 Å². The molecular formula is C22H26N2O3. The highest BCUT2D eigenvalue weighted by Gasteiger charge is 2.32. The van der Waals surface area contributed by atoms with Crippen LogP contribution in [0.3, 0.4) is 0 Å². The van der Waals surface area contributed by atoms with Crippen molar-refractivity contribution >= 4 is 11.8 Å². The van der Waals surface area contributed by atoms with Crippen LogP contribution in [0.5, 0.6) is 5.75 Å². The van der Waals surface area contributed by atoms with E-state index in [9.17, 15) is 9.59 Å². The summed E-state index contributed by atoms with van der Waals surface area (Å²) < 4.78 is 5.63. The molecule has 0 N–H and O–H groups in total. The van der Waals surface area contributed by atoms with E-state index in [0.717, 1.165) is 16.9 Å². The van der Waals surface area contributed by atoms with Crippen molar-refractivity contribution in [1.29, 1.82) is 0 Å². The fourth-order valence-electron chi connectivity index (χ4n) is 3.43. The summed E-state index contributed by atoms with van der Waals surface area (Å²) in [4.78, 5) is 28.3. The minimum atomic E-state index is -0.0663. The molecule has 1 aliphatic heterocycles. The second-order valence-electron chi connectivity index (χ2n) is 6.88. The van der Waals surface area contributed by atoms with Gasteiger partial charge in [0.25, 0.3) is 0 Å². The molecule has 2 aromatic rings. The van der Waals surface area contributed by atoms with Crippen LogP contribution in [0.25, 0.3) is 0 Å². The maximum Gasteiger partial charge on any atom is 0.242 e. The van der Waals surface area contributed by atoms with Crippen LogP contribution in [0, 0.1) is 0 Å². The number of likely N-dealkylation sites (N-methyl/N-ethyl adjacent to an activating group) is 1. The third kappa shape index (κ3) is 4.67. The van der Waals surface area contributed by atoms with Crippen LogP contribution >= 0.6 is 0 Å². The molecule has 1 heterocycles. The third-order valence-corrected chi connectivity index (χ3v) is 4.92. The smallest absolute Gasteiger partial charge is 0.242 e. The maximum atomic E-state index is 12.7. The summed E-state index contributed by atoms with van der Waals surface area (Å²) in [5, 5.41) is 0. The van der Waals surface area contributed by atoms with E-state index in [1.165, 1.54) is 0 Å². The molecule has 1 fully saturated rings. The molecule has 0 bridgehead atoms. The summed E-state index contributed by atoms with van der Waals surface area (Å²) in [5.74, 6) is 0.931. The molecule has 3 rings (SSSR count). The van der Waals surface area contributed by atoms with Gasteiger partial charge in [0.1, 0.15) is 5.75 Å². The molecule has 0 spiro atoms. The predicted octanol–water partition coefficient (Wildman–Crippen LogP) is 3.06. The van der Waals surface area contributed by atoms with Crippen molar-refractivity contribution in [3.63, 3.8) is 0 Å². The second-order valence-corrected chi connectivity index (χ2v) is 6.88. The summed E-state index contributed by atoms with van der Waals surface area (Å²) >= 11 is 0. The van der Waals surface area contributed by atoms with E-state index in [0.29, 0.717) is 26.1 Å². The molecule has 142 valence electrons. The number of hydrogen-bond acceptors (Lipinski definition) is 3. The van der Waals surface area contributed by atoms with Crippen LogP contribution in [0.15, 0.2) is 54.6 Å². The van der Waals surface area contributed by atoms with Gasteiger partial charge in [0.2, 0.25) is 11.8 Å². The van der Waals surface area contributed by atoms with Crippen LogP contribution in [-0.4, -0.2) is 48.4 Å². The highest BCUT2D eigenvalue weighted by atomic mass is 16.5. The van der Waals surface area contributed by atoms with Gasteiger partial charge in [0.05, 0.1) is 13.2 Å². The molecule has 1 atom stereocenters. The second kappa shape index (κ2) is 8.71. The largest absolute Gasteiger partial charge is 0.494 e. The Morgan fingerprint density at radius 1 is 1.15 bits per heavy atom. The number of rotatable bonds is 7. The van der Waals surface area contributed by atoms with E-state index in [1.54, 1.807) is 16.8 Å². The first-order valence-corrected chi connectivity index (χ1v) is 9.36. The Labute approximate surface area is 160 Å². The minimum Gasteiger partial charge on any atom is -0.494 e. The van der Waals surface area contributed by atoms with Gasteiger partial charge in [-0.2, -0.15) is 0 Å². The van der Waals surface area contributed by atoms with E-state index in [2.05, 4.69) is 0 Å². The van der Waals surface area contributed by atoms with Gasteiger partial charge < -0.3 is 14.5 Å². The van der Waals surface area contributed by atoms with Crippen molar-refractivity contribution in [2.24, 2.45) is 0 Å². The van der Waals surface area contributed by atoms with Gasteiger partial charge in [-0.05, 0) is 18.6 Å². The third-order valence-electron chi connectivity index (χ3n) is 4.92. The van der Waals surface area contributed by atoms with E-state index in [-0.39, 0.29) is 24.3 Å². The first-order chi connectivity index (χ1) is 13.1. The molecule has 1 aliphatic rings. The molecule has 0 aliphatic carbocycles. The summed E-state index contributed by atoms with van der Waals surface area (Å²) in [6.07, 6.45) is 0.466. The van der Waals surface area contributed by atoms with Crippen LogP contribution in [0.1, 0.15) is 30.4 Å². The number of nitrogens with zero attached hydrogens (tertiary/aromatic N) is 2. The van der Waals surface area contributed by atoms with Gasteiger partial charge in [-0.15, -0.1) is 0 Å². The highest BCUT2D eigenvalue weighted by molar-refractivity contribution is 5.86. The van der Waals surface area contributed by atoms with Crippen LogP contribution in [0.4, 0.5) is 0 Å². The average Bonchev–Trinajstić information content (AvgIpc) is 3.04. The topological polar surface area (TPSA) is 49.9 Å². The quantitative estimate of drug-likeness (QED) is 0.757. The Kier molecular flexibility index (Phi) is 6.12. The zero-order chi connectivity index (χ0) is 19.2. The molecule has 0 aromatic heterocycles. The van der Waals surface area contributed by atoms with E-state index in [4.69, 9.17) is 4.74 Å². The van der Waals surface area contributed by atoms with E-state index >= 15 is 0 Å². The number of ether oxygens (including phenoxy) is 1. The number of para-hydroxylation sites is 1. The molecule has 2 amide bonds. The molecule has 2 aromatic carbocycles. The number of amides is 2. The van der Waals surface area contributed by atoms with Gasteiger partial charge in [-0.1, -0.05) is 48.5 Å². The molecule has 0 radical (unpaired) electrons. The van der Waals surface area contributed by atoms with Gasteiger partial charge >= 0.3 is 0 Å². The Bertz CT molecular complexity index is 791. The van der Waals surface area contributed by atoms with Crippen LogP contribution < -0.4 is 4.74 Å². The molecular weight excluding hydrogens is 340 g/mol. The zero-order valence-corrected chi connectivity index (χ0v) is 15.9. The SMILES string of the molecule is CCOc1ccccc1CN(C)C(=O)CN1C[C@@H](c2ccccc2)CC1=O. The zero-order valence-electron chi connectivity index (χ0n) is 15.9. The van der Waals surface area contributed by atoms with Crippen molar-refractivity contribution in [3.8, 4) is 5.75 Å². The summed E-state index contributed by atoms with van der Waals surface area (Å²) in [5.41, 5.74) is 2.12. The predicted molar refractivity (Wildman–Crippen MR) is 104 cm³/mol. The van der Waals surface area contributed by atoms with E-state index in [1.807, 2.05) is 61.5 Å². The fraction of sp³-hybridized carbons (Fsp3) is 0.364. The summed E-state index contributed by atoms with van der Waals surface area (Å²) in [6.45, 7) is 3.69. The Balaban J connectivity index is 1.59. The number of likely N-dealkylation sites (tertiary alicyclic amines) is 1. The molecule has 0 unspecified atom stereocenters. The maximum absolute atomic E-state index is 12.7. The molecule has 27 heavy (non-hydrogen) atoms. The van der Waals surface area contributed by atoms with Crippen molar-refractivity contribution in [2.75, 3.05) is 26.7 Å². The minimum absolute atomic E-state index is 0.0420. The van der Waals surface area contributed by atoms with Crippen LogP contribution in [0.2, 0.25) is 0 Å². The van der Waals surface area contributed by atoms with Crippen molar-refractivity contribution < 1.29 is 14.3 Å². The van der Waals surface area contributed by atoms with Gasteiger partial charge in [-0.3, -0.25) is 9.59 Å². The number of carbonyl (C=O) groups is 2. The fourth-order valence-corrected chi connectivity index (χ4v) is 3.43. The number of carbonyl (C=O) groups excluding carboxylic acids is 2. The Hall–Kier alpha value is -2.82. The lowest BCUT2D eigenvalue weighted by molar-refractivity contribution is -0.137. The Morgan fingerprint density at radius 3 is 2.59 bits per heavy atom. The number of hydrogen-bond donors (Lipinski definition) is 0. The highest BCUT2D eigenvalue weighted by Crippen LogP contribution is 2.28. The van der Waals surface area contributed by atoms with E-state index < -0.39 is 0 Å². The average molecular weight is 366 g/mol. The molecule has 1 saturated heterocycles. The first kappa shape index (κ1) is 19.0. The van der Waals surface area contributed by atoms with Gasteiger partial charge in [-0.25, -0.2) is 0 Å². The van der Waals surface area contributed by atoms with Gasteiger partial charge in [0.15, 0.2) is 0 Å². The lowest BCUT2D eigenvalue weighted by Gasteiger charge is -2.23. The van der Waals surface area contributed by atoms with Crippen LogP contribution in [-0.2, 0) is 16.1 Å². The number of benzene rings is 2. The van der Waals surface area contributed by atoms with Crippen molar-refractivity contribution in [2.45, 2.75) is 25.8 Å². The standard InChI is InChI=1S/C22H26N2O3/c1-3-27-20-12-8-7-11-18(20)14-23(2)22(26)16-24-15-19(13-21(24)25)17-9-5-4-6-10-17/h4-12,19H,3,13-16H2,1-2H3/t19-/m0/s1. The lowest BCUT2D eigenvalue weighted by atomic mass is 9.99. The summed E-state index contributed by atoms with van der Waals surface area (Å²) in [7, 11) is 1.76. The molecule has 5 nitrogen and oxygen atoms in total. The first-order valence-electron chi connectivity index (χ1n) is 9.36. The molecule has 0 saturated carbocycles. The summed E-state index contributed by atoms with van der Waals surface area (Å²) in [6, 6.07) is 17.7. The molecule has 5 heteroatoms. The van der Waals surface area contributed by atoms with Crippen molar-refractivity contribution in [3.05, 3.63) is 65.7 Å². The normalized spacial score (nSPS) is 16.4. The van der Waals surface area contributed by atoms with Crippen molar-refractivity contribution in [1.82, 2.24) is 9.80 Å².